The van der Waals surface area contributed by atoms with Crippen LogP contribution < -0.4 is 4.74 Å². The molecule has 0 radical (unpaired) electrons. The smallest absolute Gasteiger partial charge is 0.133 e. The summed E-state index contributed by atoms with van der Waals surface area (Å²) in [5.74, 6) is 1.52. The molecule has 94 valence electrons. The molecule has 3 heteroatoms. The number of halogens is 1. The Morgan fingerprint density at radius 3 is 2.61 bits per heavy atom. The maximum absolute atomic E-state index is 9.34. The summed E-state index contributed by atoms with van der Waals surface area (Å²) in [5, 5.41) is 9.34. The third kappa shape index (κ3) is 2.74. The highest BCUT2D eigenvalue weighted by atomic mass is 79.9. The highest BCUT2D eigenvalue weighted by Gasteiger charge is 2.07. The fourth-order valence-corrected chi connectivity index (χ4v) is 2.13. The number of aliphatic hydroxyl groups excluding tert-OH is 1. The summed E-state index contributed by atoms with van der Waals surface area (Å²) in [6, 6.07) is 11.6. The number of aliphatic hydroxyl groups is 1. The van der Waals surface area contributed by atoms with E-state index in [1.54, 1.807) is 0 Å². The molecule has 0 saturated carbocycles. The van der Waals surface area contributed by atoms with Crippen LogP contribution in [-0.2, 0) is 6.61 Å². The number of benzene rings is 2. The lowest BCUT2D eigenvalue weighted by Gasteiger charge is -2.13. The second-order valence-electron chi connectivity index (χ2n) is 4.21. The lowest BCUT2D eigenvalue weighted by molar-refractivity contribution is 0.276. The first kappa shape index (κ1) is 13.1. The van der Waals surface area contributed by atoms with Crippen LogP contribution in [0.2, 0.25) is 0 Å². The molecule has 2 aromatic rings. The Kier molecular flexibility index (Phi) is 4.04. The third-order valence-corrected chi connectivity index (χ3v) is 3.46. The summed E-state index contributed by atoms with van der Waals surface area (Å²) >= 11 is 3.38. The van der Waals surface area contributed by atoms with Gasteiger partial charge < -0.3 is 9.84 Å². The van der Waals surface area contributed by atoms with Crippen molar-refractivity contribution in [2.45, 2.75) is 20.5 Å². The Morgan fingerprint density at radius 1 is 1.11 bits per heavy atom. The number of rotatable bonds is 3. The Bertz CT molecular complexity index is 564. The monoisotopic (exact) mass is 306 g/mol. The van der Waals surface area contributed by atoms with Gasteiger partial charge in [-0.2, -0.15) is 0 Å². The first-order chi connectivity index (χ1) is 8.61. The van der Waals surface area contributed by atoms with Crippen molar-refractivity contribution in [1.29, 1.82) is 0 Å². The van der Waals surface area contributed by atoms with Gasteiger partial charge in [-0.1, -0.05) is 28.1 Å². The molecule has 0 saturated heterocycles. The molecule has 0 amide bonds. The van der Waals surface area contributed by atoms with Crippen molar-refractivity contribution >= 4 is 15.9 Å². The molecule has 0 aromatic heterocycles. The molecular formula is C15H15BrO2. The van der Waals surface area contributed by atoms with Gasteiger partial charge in [-0.3, -0.25) is 0 Å². The normalized spacial score (nSPS) is 10.4. The van der Waals surface area contributed by atoms with Gasteiger partial charge in [0.2, 0.25) is 0 Å². The van der Waals surface area contributed by atoms with E-state index < -0.39 is 0 Å². The first-order valence-corrected chi connectivity index (χ1v) is 6.54. The van der Waals surface area contributed by atoms with Gasteiger partial charge in [0.05, 0.1) is 6.61 Å². The second kappa shape index (κ2) is 5.55. The topological polar surface area (TPSA) is 29.5 Å². The third-order valence-electron chi connectivity index (χ3n) is 2.97. The van der Waals surface area contributed by atoms with Gasteiger partial charge in [-0.15, -0.1) is 0 Å². The molecule has 0 aliphatic carbocycles. The molecule has 0 bridgehead atoms. The van der Waals surface area contributed by atoms with Gasteiger partial charge in [0.15, 0.2) is 0 Å². The summed E-state index contributed by atoms with van der Waals surface area (Å²) in [6.07, 6.45) is 0. The van der Waals surface area contributed by atoms with E-state index in [2.05, 4.69) is 28.9 Å². The highest BCUT2D eigenvalue weighted by molar-refractivity contribution is 9.10. The molecule has 0 aliphatic rings. The van der Waals surface area contributed by atoms with Gasteiger partial charge in [0.25, 0.3) is 0 Å². The maximum atomic E-state index is 9.34. The molecular weight excluding hydrogens is 292 g/mol. The van der Waals surface area contributed by atoms with E-state index in [4.69, 9.17) is 4.74 Å². The van der Waals surface area contributed by atoms with Crippen LogP contribution in [0.4, 0.5) is 0 Å². The zero-order valence-electron chi connectivity index (χ0n) is 10.4. The van der Waals surface area contributed by atoms with Gasteiger partial charge in [-0.25, -0.2) is 0 Å². The van der Waals surface area contributed by atoms with Crippen molar-refractivity contribution in [1.82, 2.24) is 0 Å². The van der Waals surface area contributed by atoms with E-state index in [1.165, 1.54) is 5.56 Å². The average molecular weight is 307 g/mol. The molecule has 0 spiro atoms. The van der Waals surface area contributed by atoms with E-state index in [-0.39, 0.29) is 6.61 Å². The standard InChI is InChI=1S/C15H15BrO2/c1-10-4-3-5-14(11(10)2)18-15-7-6-13(16)8-12(15)9-17/h3-8,17H,9H2,1-2H3. The summed E-state index contributed by atoms with van der Waals surface area (Å²) < 4.78 is 6.82. The lowest BCUT2D eigenvalue weighted by Crippen LogP contribution is -1.94. The fraction of sp³-hybridized carbons (Fsp3) is 0.200. The summed E-state index contributed by atoms with van der Waals surface area (Å²) in [4.78, 5) is 0. The number of hydrogen-bond donors (Lipinski definition) is 1. The minimum atomic E-state index is -0.0420. The van der Waals surface area contributed by atoms with Crippen LogP contribution in [0.1, 0.15) is 16.7 Å². The van der Waals surface area contributed by atoms with Gasteiger partial charge in [0, 0.05) is 10.0 Å². The molecule has 2 rings (SSSR count). The number of hydrogen-bond acceptors (Lipinski definition) is 2. The van der Waals surface area contributed by atoms with Gasteiger partial charge in [-0.05, 0) is 49.2 Å². The molecule has 0 atom stereocenters. The SMILES string of the molecule is Cc1cccc(Oc2ccc(Br)cc2CO)c1C. The molecule has 18 heavy (non-hydrogen) atoms. The highest BCUT2D eigenvalue weighted by Crippen LogP contribution is 2.30. The van der Waals surface area contributed by atoms with Crippen molar-refractivity contribution in [3.63, 3.8) is 0 Å². The van der Waals surface area contributed by atoms with Crippen LogP contribution in [0.15, 0.2) is 40.9 Å². The van der Waals surface area contributed by atoms with Crippen LogP contribution in [0.3, 0.4) is 0 Å². The van der Waals surface area contributed by atoms with Crippen LogP contribution in [-0.4, -0.2) is 5.11 Å². The van der Waals surface area contributed by atoms with Crippen molar-refractivity contribution in [2.24, 2.45) is 0 Å². The van der Waals surface area contributed by atoms with Crippen molar-refractivity contribution in [3.8, 4) is 11.5 Å². The van der Waals surface area contributed by atoms with Crippen LogP contribution in [0, 0.1) is 13.8 Å². The van der Waals surface area contributed by atoms with E-state index in [1.807, 2.05) is 37.3 Å². The zero-order valence-corrected chi connectivity index (χ0v) is 12.0. The van der Waals surface area contributed by atoms with E-state index in [9.17, 15) is 5.11 Å². The minimum Gasteiger partial charge on any atom is -0.457 e. The molecule has 2 nitrogen and oxygen atoms in total. The van der Waals surface area contributed by atoms with Crippen LogP contribution >= 0.6 is 15.9 Å². The molecule has 0 heterocycles. The minimum absolute atomic E-state index is 0.0420. The average Bonchev–Trinajstić information content (AvgIpc) is 2.37. The summed E-state index contributed by atoms with van der Waals surface area (Å²) in [7, 11) is 0. The largest absolute Gasteiger partial charge is 0.457 e. The molecule has 1 N–H and O–H groups in total. The van der Waals surface area contributed by atoms with Crippen LogP contribution in [0.25, 0.3) is 0 Å². The Morgan fingerprint density at radius 2 is 1.89 bits per heavy atom. The Balaban J connectivity index is 2.37. The Labute approximate surface area is 115 Å². The van der Waals surface area contributed by atoms with Crippen molar-refractivity contribution in [2.75, 3.05) is 0 Å². The Hall–Kier alpha value is -1.32. The van der Waals surface area contributed by atoms with Crippen molar-refractivity contribution in [3.05, 3.63) is 57.6 Å². The first-order valence-electron chi connectivity index (χ1n) is 5.75. The van der Waals surface area contributed by atoms with Gasteiger partial charge in [0.1, 0.15) is 11.5 Å². The second-order valence-corrected chi connectivity index (χ2v) is 5.13. The van der Waals surface area contributed by atoms with E-state index in [0.29, 0.717) is 5.75 Å². The molecule has 2 aromatic carbocycles. The zero-order chi connectivity index (χ0) is 13.1. The van der Waals surface area contributed by atoms with E-state index in [0.717, 1.165) is 21.3 Å². The summed E-state index contributed by atoms with van der Waals surface area (Å²) in [5.41, 5.74) is 3.07. The van der Waals surface area contributed by atoms with E-state index >= 15 is 0 Å². The molecule has 0 unspecified atom stereocenters. The fourth-order valence-electron chi connectivity index (χ4n) is 1.72. The lowest BCUT2D eigenvalue weighted by atomic mass is 10.1. The number of ether oxygens (including phenoxy) is 1. The quantitative estimate of drug-likeness (QED) is 0.913. The molecule has 0 fully saturated rings. The van der Waals surface area contributed by atoms with Crippen molar-refractivity contribution < 1.29 is 9.84 Å². The predicted molar refractivity (Wildman–Crippen MR) is 76.1 cm³/mol. The molecule has 0 aliphatic heterocycles. The number of aryl methyl sites for hydroxylation is 1. The maximum Gasteiger partial charge on any atom is 0.133 e. The van der Waals surface area contributed by atoms with Gasteiger partial charge >= 0.3 is 0 Å². The predicted octanol–water partition coefficient (Wildman–Crippen LogP) is 4.35. The summed E-state index contributed by atoms with van der Waals surface area (Å²) in [6.45, 7) is 4.04. The van der Waals surface area contributed by atoms with Crippen LogP contribution in [0.5, 0.6) is 11.5 Å².